The molecule has 0 radical (unpaired) electrons. The molecule has 0 unspecified atom stereocenters. The summed E-state index contributed by atoms with van der Waals surface area (Å²) in [7, 11) is 0. The van der Waals surface area contributed by atoms with E-state index in [9.17, 15) is 4.79 Å². The van der Waals surface area contributed by atoms with Crippen molar-refractivity contribution >= 4 is 52.4 Å². The average molecular weight is 336 g/mol. The Morgan fingerprint density at radius 1 is 0.895 bits per heavy atom. The number of carbonyl (C=O) groups excluding carboxylic acids is 1. The first-order valence-corrected chi connectivity index (χ1v) is 6.61. The van der Waals surface area contributed by atoms with Crippen molar-refractivity contribution in [1.82, 2.24) is 0 Å². The summed E-state index contributed by atoms with van der Waals surface area (Å²) in [5.74, 6) is -0.494. The summed E-state index contributed by atoms with van der Waals surface area (Å²) in [5, 5.41) is 1.09. The van der Waals surface area contributed by atoms with Gasteiger partial charge in [0.2, 0.25) is 0 Å². The van der Waals surface area contributed by atoms with Crippen molar-refractivity contribution in [3.8, 4) is 5.75 Å². The summed E-state index contributed by atoms with van der Waals surface area (Å²) in [6, 6.07) is 9.26. The second-order valence-corrected chi connectivity index (χ2v) is 5.22. The van der Waals surface area contributed by atoms with Gasteiger partial charge in [0.25, 0.3) is 0 Å². The lowest BCUT2D eigenvalue weighted by molar-refractivity contribution is 0.0735. The van der Waals surface area contributed by atoms with Crippen LogP contribution in [0.4, 0.5) is 0 Å². The molecule has 0 aliphatic heterocycles. The molecule has 6 heteroatoms. The van der Waals surface area contributed by atoms with E-state index in [2.05, 4.69) is 0 Å². The van der Waals surface area contributed by atoms with E-state index in [1.54, 1.807) is 24.3 Å². The van der Waals surface area contributed by atoms with E-state index < -0.39 is 5.97 Å². The Labute approximate surface area is 129 Å². The van der Waals surface area contributed by atoms with Gasteiger partial charge in [-0.05, 0) is 30.3 Å². The molecule has 0 spiro atoms. The Kier molecular flexibility index (Phi) is 4.58. The Bertz CT molecular complexity index is 620. The molecule has 2 nitrogen and oxygen atoms in total. The van der Waals surface area contributed by atoms with Gasteiger partial charge in [-0.3, -0.25) is 0 Å². The van der Waals surface area contributed by atoms with Gasteiger partial charge in [0.1, 0.15) is 5.75 Å². The highest BCUT2D eigenvalue weighted by Crippen LogP contribution is 2.30. The lowest BCUT2D eigenvalue weighted by Gasteiger charge is -2.08. The predicted octanol–water partition coefficient (Wildman–Crippen LogP) is 5.52. The zero-order valence-electron chi connectivity index (χ0n) is 9.29. The fraction of sp³-hybridized carbons (Fsp3) is 0. The molecule has 2 aromatic rings. The van der Waals surface area contributed by atoms with Gasteiger partial charge in [0.05, 0.1) is 20.6 Å². The predicted molar refractivity (Wildman–Crippen MR) is 77.9 cm³/mol. The monoisotopic (exact) mass is 334 g/mol. The number of hydrogen-bond acceptors (Lipinski definition) is 2. The zero-order valence-corrected chi connectivity index (χ0v) is 12.3. The minimum atomic E-state index is -0.681. The Balaban J connectivity index is 2.31. The Morgan fingerprint density at radius 2 is 1.53 bits per heavy atom. The van der Waals surface area contributed by atoms with Crippen LogP contribution in [0.5, 0.6) is 5.75 Å². The highest BCUT2D eigenvalue weighted by Gasteiger charge is 2.18. The molecule has 0 N–H and O–H groups in total. The number of esters is 1. The normalized spacial score (nSPS) is 10.3. The summed E-state index contributed by atoms with van der Waals surface area (Å²) < 4.78 is 5.15. The van der Waals surface area contributed by atoms with Gasteiger partial charge in [-0.25, -0.2) is 4.79 Å². The van der Waals surface area contributed by atoms with Crippen LogP contribution in [0.2, 0.25) is 20.1 Å². The number of benzene rings is 2. The Hall–Kier alpha value is -0.930. The summed E-state index contributed by atoms with van der Waals surface area (Å²) >= 11 is 23.5. The van der Waals surface area contributed by atoms with E-state index in [1.165, 1.54) is 12.1 Å². The van der Waals surface area contributed by atoms with Gasteiger partial charge in [-0.2, -0.15) is 0 Å². The number of ether oxygens (including phenoxy) is 1. The van der Waals surface area contributed by atoms with E-state index >= 15 is 0 Å². The van der Waals surface area contributed by atoms with E-state index in [4.69, 9.17) is 51.1 Å². The average Bonchev–Trinajstić information content (AvgIpc) is 2.32. The lowest BCUT2D eigenvalue weighted by Crippen LogP contribution is -2.10. The van der Waals surface area contributed by atoms with Crippen LogP contribution in [0.3, 0.4) is 0 Å². The van der Waals surface area contributed by atoms with Gasteiger partial charge < -0.3 is 4.74 Å². The molecule has 98 valence electrons. The molecule has 0 aliphatic rings. The summed E-state index contributed by atoms with van der Waals surface area (Å²) in [6.07, 6.45) is 0. The molecule has 0 fully saturated rings. The maximum Gasteiger partial charge on any atom is 0.346 e. The summed E-state index contributed by atoms with van der Waals surface area (Å²) in [5.41, 5.74) is 0.0943. The smallest absolute Gasteiger partial charge is 0.346 e. The van der Waals surface area contributed by atoms with Crippen molar-refractivity contribution in [2.45, 2.75) is 0 Å². The molecule has 0 aromatic heterocycles. The van der Waals surface area contributed by atoms with Crippen LogP contribution in [0.15, 0.2) is 36.4 Å². The van der Waals surface area contributed by atoms with Crippen LogP contribution in [-0.4, -0.2) is 5.97 Å². The maximum atomic E-state index is 12.0. The third-order valence-corrected chi connectivity index (χ3v) is 3.42. The Morgan fingerprint density at radius 3 is 2.11 bits per heavy atom. The minimum absolute atomic E-state index is 0.0943. The lowest BCUT2D eigenvalue weighted by atomic mass is 10.2. The SMILES string of the molecule is O=C(Oc1ccc(Cl)cc1Cl)c1c(Cl)cccc1Cl. The molecule has 19 heavy (non-hydrogen) atoms. The first kappa shape index (κ1) is 14.5. The molecular formula is C13H6Cl4O2. The van der Waals surface area contributed by atoms with Crippen molar-refractivity contribution in [2.24, 2.45) is 0 Å². The van der Waals surface area contributed by atoms with E-state index in [0.29, 0.717) is 5.02 Å². The van der Waals surface area contributed by atoms with Crippen molar-refractivity contribution in [2.75, 3.05) is 0 Å². The third-order valence-electron chi connectivity index (χ3n) is 2.26. The molecular weight excluding hydrogens is 330 g/mol. The molecule has 0 heterocycles. The van der Waals surface area contributed by atoms with Crippen molar-refractivity contribution in [1.29, 1.82) is 0 Å². The van der Waals surface area contributed by atoms with Crippen molar-refractivity contribution < 1.29 is 9.53 Å². The van der Waals surface area contributed by atoms with E-state index in [0.717, 1.165) is 0 Å². The van der Waals surface area contributed by atoms with Crippen LogP contribution < -0.4 is 4.74 Å². The highest BCUT2D eigenvalue weighted by atomic mass is 35.5. The number of halogens is 4. The molecule has 2 aromatic carbocycles. The highest BCUT2D eigenvalue weighted by molar-refractivity contribution is 6.39. The molecule has 2 rings (SSSR count). The third kappa shape index (κ3) is 3.34. The van der Waals surface area contributed by atoms with E-state index in [1.807, 2.05) is 0 Å². The largest absolute Gasteiger partial charge is 0.421 e. The summed E-state index contributed by atoms with van der Waals surface area (Å²) in [6.45, 7) is 0. The second kappa shape index (κ2) is 6.02. The molecule has 0 saturated heterocycles. The molecule has 0 bridgehead atoms. The van der Waals surface area contributed by atoms with Gasteiger partial charge >= 0.3 is 5.97 Å². The first-order valence-electron chi connectivity index (χ1n) is 5.10. The molecule has 0 atom stereocenters. The van der Waals surface area contributed by atoms with Crippen LogP contribution in [-0.2, 0) is 0 Å². The molecule has 0 amide bonds. The second-order valence-electron chi connectivity index (χ2n) is 3.56. The number of carbonyl (C=O) groups is 1. The maximum absolute atomic E-state index is 12.0. The van der Waals surface area contributed by atoms with Crippen molar-refractivity contribution in [3.63, 3.8) is 0 Å². The van der Waals surface area contributed by atoms with Crippen LogP contribution in [0.1, 0.15) is 10.4 Å². The van der Waals surface area contributed by atoms with Crippen molar-refractivity contribution in [3.05, 3.63) is 62.1 Å². The molecule has 0 aliphatic carbocycles. The van der Waals surface area contributed by atoms with Gasteiger partial charge in [-0.1, -0.05) is 52.5 Å². The number of hydrogen-bond donors (Lipinski definition) is 0. The summed E-state index contributed by atoms with van der Waals surface area (Å²) in [4.78, 5) is 12.0. The fourth-order valence-electron chi connectivity index (χ4n) is 1.40. The fourth-order valence-corrected chi connectivity index (χ4v) is 2.40. The van der Waals surface area contributed by atoms with Gasteiger partial charge in [-0.15, -0.1) is 0 Å². The minimum Gasteiger partial charge on any atom is -0.421 e. The quantitative estimate of drug-likeness (QED) is 0.533. The first-order chi connectivity index (χ1) is 8.99. The standard InChI is InChI=1S/C13H6Cl4O2/c14-7-4-5-11(10(17)6-7)19-13(18)12-8(15)2-1-3-9(12)16/h1-6H. The van der Waals surface area contributed by atoms with Crippen LogP contribution >= 0.6 is 46.4 Å². The molecule has 0 saturated carbocycles. The van der Waals surface area contributed by atoms with E-state index in [-0.39, 0.29) is 26.4 Å². The zero-order chi connectivity index (χ0) is 14.0. The van der Waals surface area contributed by atoms with Crippen LogP contribution in [0, 0.1) is 0 Å². The van der Waals surface area contributed by atoms with Gasteiger partial charge in [0.15, 0.2) is 0 Å². The topological polar surface area (TPSA) is 26.3 Å². The number of rotatable bonds is 2. The van der Waals surface area contributed by atoms with Gasteiger partial charge in [0, 0.05) is 5.02 Å². The van der Waals surface area contributed by atoms with Crippen LogP contribution in [0.25, 0.3) is 0 Å².